The molecule has 4 nitrogen and oxygen atoms in total. The van der Waals surface area contributed by atoms with E-state index in [1.54, 1.807) is 6.20 Å². The van der Waals surface area contributed by atoms with Crippen LogP contribution < -0.4 is 5.32 Å². The second-order valence-corrected chi connectivity index (χ2v) is 7.22. The molecule has 0 bridgehead atoms. The van der Waals surface area contributed by atoms with E-state index in [9.17, 15) is 14.0 Å². The van der Waals surface area contributed by atoms with E-state index in [1.165, 1.54) is 28.7 Å². The molecule has 0 radical (unpaired) electrons. The summed E-state index contributed by atoms with van der Waals surface area (Å²) in [6.45, 7) is 3.71. The van der Waals surface area contributed by atoms with Gasteiger partial charge in [-0.05, 0) is 32.0 Å². The van der Waals surface area contributed by atoms with Gasteiger partial charge in [-0.15, -0.1) is 22.7 Å². The average molecular weight is 374 g/mol. The van der Waals surface area contributed by atoms with Gasteiger partial charge in [0.05, 0.1) is 5.69 Å². The van der Waals surface area contributed by atoms with Crippen molar-refractivity contribution in [2.75, 3.05) is 5.32 Å². The zero-order chi connectivity index (χ0) is 18.0. The van der Waals surface area contributed by atoms with Gasteiger partial charge in [0.1, 0.15) is 16.6 Å². The maximum absolute atomic E-state index is 13.4. The quantitative estimate of drug-likeness (QED) is 0.643. The van der Waals surface area contributed by atoms with Crippen molar-refractivity contribution in [3.63, 3.8) is 0 Å². The van der Waals surface area contributed by atoms with E-state index in [1.807, 2.05) is 19.2 Å². The summed E-state index contributed by atoms with van der Waals surface area (Å²) in [5, 5.41) is 15.3. The van der Waals surface area contributed by atoms with E-state index in [-0.39, 0.29) is 0 Å². The molecule has 1 aromatic carbocycles. The predicted molar refractivity (Wildman–Crippen MR) is 96.3 cm³/mol. The Labute approximate surface area is 151 Å². The smallest absolute Gasteiger partial charge is 0.187 e. The van der Waals surface area contributed by atoms with Crippen molar-refractivity contribution >= 4 is 33.4 Å². The number of aromatic nitrogens is 2. The SMILES string of the molecule is Cc1csc(/C(C#N)=C/Nc2nc(-c3ccc(F)c(F)c3)c(C)s2)n1. The molecule has 1 N–H and O–H groups in total. The van der Waals surface area contributed by atoms with Crippen LogP contribution in [0.5, 0.6) is 0 Å². The molecule has 0 amide bonds. The van der Waals surface area contributed by atoms with Crippen molar-refractivity contribution in [2.24, 2.45) is 0 Å². The highest BCUT2D eigenvalue weighted by atomic mass is 32.1. The highest BCUT2D eigenvalue weighted by molar-refractivity contribution is 7.16. The van der Waals surface area contributed by atoms with E-state index in [2.05, 4.69) is 21.4 Å². The summed E-state index contributed by atoms with van der Waals surface area (Å²) in [6.07, 6.45) is 1.55. The number of hydrogen-bond acceptors (Lipinski definition) is 6. The predicted octanol–water partition coefficient (Wildman–Crippen LogP) is 5.14. The third-order valence-corrected chi connectivity index (χ3v) is 5.19. The van der Waals surface area contributed by atoms with Crippen LogP contribution in [0.2, 0.25) is 0 Å². The molecule has 0 atom stereocenters. The van der Waals surface area contributed by atoms with Crippen LogP contribution in [0, 0.1) is 36.8 Å². The van der Waals surface area contributed by atoms with Crippen LogP contribution in [-0.4, -0.2) is 9.97 Å². The number of halogens is 2. The highest BCUT2D eigenvalue weighted by Crippen LogP contribution is 2.31. The minimum Gasteiger partial charge on any atom is -0.337 e. The lowest BCUT2D eigenvalue weighted by atomic mass is 10.1. The van der Waals surface area contributed by atoms with Crippen LogP contribution in [0.4, 0.5) is 13.9 Å². The summed E-state index contributed by atoms with van der Waals surface area (Å²) < 4.78 is 26.5. The van der Waals surface area contributed by atoms with Gasteiger partial charge < -0.3 is 5.32 Å². The zero-order valence-electron chi connectivity index (χ0n) is 13.3. The van der Waals surface area contributed by atoms with Gasteiger partial charge in [-0.3, -0.25) is 0 Å². The van der Waals surface area contributed by atoms with Gasteiger partial charge in [0.25, 0.3) is 0 Å². The maximum Gasteiger partial charge on any atom is 0.187 e. The lowest BCUT2D eigenvalue weighted by Crippen LogP contribution is -1.91. The normalized spacial score (nSPS) is 11.4. The lowest BCUT2D eigenvalue weighted by molar-refractivity contribution is 0.509. The molecule has 2 heterocycles. The first-order valence-corrected chi connectivity index (χ1v) is 8.89. The number of aryl methyl sites for hydroxylation is 2. The molecule has 2 aromatic heterocycles. The molecule has 8 heteroatoms. The molecule has 0 spiro atoms. The first-order valence-electron chi connectivity index (χ1n) is 7.20. The van der Waals surface area contributed by atoms with Crippen molar-refractivity contribution in [3.8, 4) is 17.3 Å². The number of allylic oxidation sites excluding steroid dienone is 1. The van der Waals surface area contributed by atoms with E-state index in [0.29, 0.717) is 27.0 Å². The van der Waals surface area contributed by atoms with Crippen LogP contribution in [0.15, 0.2) is 29.8 Å². The Balaban J connectivity index is 1.86. The van der Waals surface area contributed by atoms with Gasteiger partial charge in [-0.2, -0.15) is 5.26 Å². The van der Waals surface area contributed by atoms with Crippen LogP contribution in [0.3, 0.4) is 0 Å². The van der Waals surface area contributed by atoms with E-state index < -0.39 is 11.6 Å². The fourth-order valence-corrected chi connectivity index (χ4v) is 3.69. The molecule has 0 saturated heterocycles. The third-order valence-electron chi connectivity index (χ3n) is 3.30. The topological polar surface area (TPSA) is 61.6 Å². The third kappa shape index (κ3) is 3.73. The van der Waals surface area contributed by atoms with E-state index in [0.717, 1.165) is 22.7 Å². The van der Waals surface area contributed by atoms with Crippen molar-refractivity contribution in [1.29, 1.82) is 5.26 Å². The van der Waals surface area contributed by atoms with E-state index >= 15 is 0 Å². The lowest BCUT2D eigenvalue weighted by Gasteiger charge is -1.99. The molecule has 0 aliphatic heterocycles. The maximum atomic E-state index is 13.4. The van der Waals surface area contributed by atoms with Gasteiger partial charge in [0.15, 0.2) is 16.8 Å². The molecule has 0 aliphatic rings. The number of thiazole rings is 2. The minimum absolute atomic E-state index is 0.403. The summed E-state index contributed by atoms with van der Waals surface area (Å²) in [7, 11) is 0. The van der Waals surface area contributed by atoms with Crippen molar-refractivity contribution in [1.82, 2.24) is 9.97 Å². The van der Waals surface area contributed by atoms with Gasteiger partial charge in [0.2, 0.25) is 0 Å². The number of nitrogens with zero attached hydrogens (tertiary/aromatic N) is 3. The van der Waals surface area contributed by atoms with Crippen LogP contribution >= 0.6 is 22.7 Å². The summed E-state index contributed by atoms with van der Waals surface area (Å²) in [6, 6.07) is 5.79. The Hall–Kier alpha value is -2.63. The van der Waals surface area contributed by atoms with Gasteiger partial charge in [-0.25, -0.2) is 18.7 Å². The Morgan fingerprint density at radius 1 is 1.24 bits per heavy atom. The first kappa shape index (κ1) is 17.2. The van der Waals surface area contributed by atoms with Gasteiger partial charge in [-0.1, -0.05) is 0 Å². The van der Waals surface area contributed by atoms with Crippen molar-refractivity contribution < 1.29 is 8.78 Å². The van der Waals surface area contributed by atoms with Crippen molar-refractivity contribution in [3.05, 3.63) is 57.0 Å². The fourth-order valence-electron chi connectivity index (χ4n) is 2.12. The van der Waals surface area contributed by atoms with Crippen LogP contribution in [0.1, 0.15) is 15.6 Å². The standard InChI is InChI=1S/C17H12F2N4S2/c1-9-8-24-16(22-9)12(6-20)7-21-17-23-15(10(2)25-17)11-3-4-13(18)14(19)5-11/h3-5,7-8H,1-2H3,(H,21,23)/b12-7+. The Morgan fingerprint density at radius 2 is 2.04 bits per heavy atom. The van der Waals surface area contributed by atoms with Gasteiger partial charge >= 0.3 is 0 Å². The summed E-state index contributed by atoms with van der Waals surface area (Å²) in [4.78, 5) is 9.53. The molecule has 3 rings (SSSR count). The number of rotatable bonds is 4. The highest BCUT2D eigenvalue weighted by Gasteiger charge is 2.12. The second kappa shape index (κ2) is 7.09. The average Bonchev–Trinajstić information content (AvgIpc) is 3.17. The molecule has 3 aromatic rings. The molecule has 126 valence electrons. The van der Waals surface area contributed by atoms with Crippen LogP contribution in [-0.2, 0) is 0 Å². The number of anilines is 1. The number of hydrogen-bond donors (Lipinski definition) is 1. The molecule has 0 unspecified atom stereocenters. The van der Waals surface area contributed by atoms with Crippen LogP contribution in [0.25, 0.3) is 16.8 Å². The molecule has 0 fully saturated rings. The number of nitriles is 1. The Kier molecular flexibility index (Phi) is 4.88. The van der Waals surface area contributed by atoms with Gasteiger partial charge in [0, 0.05) is 27.7 Å². The van der Waals surface area contributed by atoms with E-state index in [4.69, 9.17) is 0 Å². The minimum atomic E-state index is -0.912. The summed E-state index contributed by atoms with van der Waals surface area (Å²) in [5.41, 5.74) is 2.33. The van der Waals surface area contributed by atoms with Crippen molar-refractivity contribution in [2.45, 2.75) is 13.8 Å². The largest absolute Gasteiger partial charge is 0.337 e. The Morgan fingerprint density at radius 3 is 2.68 bits per heavy atom. The Bertz CT molecular complexity index is 998. The number of nitrogens with one attached hydrogen (secondary N) is 1. The monoisotopic (exact) mass is 374 g/mol. The first-order chi connectivity index (χ1) is 12.0. The molecule has 0 aliphatic carbocycles. The summed E-state index contributed by atoms with van der Waals surface area (Å²) >= 11 is 2.75. The zero-order valence-corrected chi connectivity index (χ0v) is 14.9. The molecule has 25 heavy (non-hydrogen) atoms. The summed E-state index contributed by atoms with van der Waals surface area (Å²) in [5.74, 6) is -1.81. The fraction of sp³-hybridized carbons (Fsp3) is 0.118. The molecular formula is C17H12F2N4S2. The second-order valence-electron chi connectivity index (χ2n) is 5.16. The number of benzene rings is 1. The molecule has 0 saturated carbocycles. The molecular weight excluding hydrogens is 362 g/mol.